The van der Waals surface area contributed by atoms with Gasteiger partial charge in [0, 0.05) is 13.5 Å². The van der Waals surface area contributed by atoms with Gasteiger partial charge < -0.3 is 25.5 Å². The summed E-state index contributed by atoms with van der Waals surface area (Å²) in [6, 6.07) is 12.1. The van der Waals surface area contributed by atoms with Gasteiger partial charge in [0.05, 0.1) is 5.52 Å². The number of ether oxygens (including phenoxy) is 1. The van der Waals surface area contributed by atoms with Crippen LogP contribution in [0.25, 0.3) is 22.2 Å². The Morgan fingerprint density at radius 2 is 1.69 bits per heavy atom. The first-order chi connectivity index (χ1) is 18.4. The quantitative estimate of drug-likeness (QED) is 0.421. The molecule has 0 spiro atoms. The highest BCUT2D eigenvalue weighted by Crippen LogP contribution is 2.30. The maximum atomic E-state index is 13.5. The van der Waals surface area contributed by atoms with E-state index in [9.17, 15) is 19.2 Å². The number of nitrogens with zero attached hydrogens (tertiary/aromatic N) is 1. The fourth-order valence-electron chi connectivity index (χ4n) is 4.96. The van der Waals surface area contributed by atoms with Gasteiger partial charge in [-0.25, -0.2) is 9.59 Å². The summed E-state index contributed by atoms with van der Waals surface area (Å²) in [5.74, 6) is -1.53. The maximum absolute atomic E-state index is 13.5. The first kappa shape index (κ1) is 27.9. The van der Waals surface area contributed by atoms with Crippen molar-refractivity contribution in [3.05, 3.63) is 58.6 Å². The molecule has 3 aromatic rings. The maximum Gasteiger partial charge on any atom is 0.419 e. The number of aryl methyl sites for hydroxylation is 1. The molecule has 3 amide bonds. The third-order valence-electron chi connectivity index (χ3n) is 7.05. The molecule has 1 heterocycles. The predicted octanol–water partition coefficient (Wildman–Crippen LogP) is 3.54. The topological polar surface area (TPSA) is 146 Å². The molecule has 1 unspecified atom stereocenters. The van der Waals surface area contributed by atoms with Crippen LogP contribution in [-0.2, 0) is 27.8 Å². The van der Waals surface area contributed by atoms with Crippen molar-refractivity contribution in [1.82, 2.24) is 15.2 Å². The minimum atomic E-state index is -1.16. The Bertz CT molecular complexity index is 1420. The molecule has 0 aliphatic heterocycles. The lowest BCUT2D eigenvalue weighted by molar-refractivity contribution is -0.133. The smallest absolute Gasteiger partial charge is 0.419 e. The first-order valence-corrected chi connectivity index (χ1v) is 13.2. The highest BCUT2D eigenvalue weighted by Gasteiger charge is 2.43. The minimum Gasteiger partial charge on any atom is -0.444 e. The number of oxazole rings is 1. The van der Waals surface area contributed by atoms with Gasteiger partial charge in [-0.05, 0) is 62.4 Å². The molecule has 39 heavy (non-hydrogen) atoms. The number of alkyl carbamates (subject to hydrolysis) is 1. The lowest BCUT2D eigenvalue weighted by atomic mass is 9.80. The molecule has 1 aliphatic rings. The summed E-state index contributed by atoms with van der Waals surface area (Å²) in [6.07, 6.45) is 2.92. The standard InChI is InChI=1S/C29H36N4O6/c1-28(2,3)39-26(36)32-29(14-6-5-7-15-29)25(35)31-21(24(30)34)16-18-8-10-19(11-9-18)20-12-13-23-22(17-20)33(4)27(37)38-23/h8-13,17,21H,5-7,14-16H2,1-4H3,(H2,30,34)(H,31,35)(H,32,36). The van der Waals surface area contributed by atoms with Crippen LogP contribution in [0, 0.1) is 0 Å². The van der Waals surface area contributed by atoms with E-state index in [1.807, 2.05) is 36.4 Å². The number of carbonyl (C=O) groups is 3. The number of primary amides is 1. The van der Waals surface area contributed by atoms with Crippen molar-refractivity contribution < 1.29 is 23.5 Å². The second-order valence-electron chi connectivity index (χ2n) is 11.2. The van der Waals surface area contributed by atoms with Gasteiger partial charge in [0.25, 0.3) is 0 Å². The fourth-order valence-corrected chi connectivity index (χ4v) is 4.96. The van der Waals surface area contributed by atoms with E-state index in [4.69, 9.17) is 14.9 Å². The molecule has 4 N–H and O–H groups in total. The number of carbonyl (C=O) groups excluding carboxylic acids is 3. The molecule has 10 nitrogen and oxygen atoms in total. The van der Waals surface area contributed by atoms with E-state index in [1.165, 1.54) is 4.57 Å². The molecular formula is C29H36N4O6. The number of fused-ring (bicyclic) bond motifs is 1. The van der Waals surface area contributed by atoms with Crippen molar-refractivity contribution in [3.63, 3.8) is 0 Å². The monoisotopic (exact) mass is 536 g/mol. The van der Waals surface area contributed by atoms with Crippen LogP contribution in [0.4, 0.5) is 4.79 Å². The predicted molar refractivity (Wildman–Crippen MR) is 147 cm³/mol. The summed E-state index contributed by atoms with van der Waals surface area (Å²) in [6.45, 7) is 5.27. The Morgan fingerprint density at radius 3 is 2.31 bits per heavy atom. The van der Waals surface area contributed by atoms with E-state index in [0.29, 0.717) is 23.9 Å². The average Bonchev–Trinajstić information content (AvgIpc) is 3.16. The average molecular weight is 537 g/mol. The molecule has 208 valence electrons. The van der Waals surface area contributed by atoms with Gasteiger partial charge in [0.15, 0.2) is 5.58 Å². The molecule has 1 saturated carbocycles. The highest BCUT2D eigenvalue weighted by molar-refractivity contribution is 5.94. The first-order valence-electron chi connectivity index (χ1n) is 13.2. The fraction of sp³-hybridized carbons (Fsp3) is 0.448. The Morgan fingerprint density at radius 1 is 1.05 bits per heavy atom. The number of nitrogens with one attached hydrogen (secondary N) is 2. The van der Waals surface area contributed by atoms with Gasteiger partial charge in [-0.3, -0.25) is 14.2 Å². The van der Waals surface area contributed by atoms with Gasteiger partial charge in [-0.2, -0.15) is 0 Å². The van der Waals surface area contributed by atoms with Crippen LogP contribution in [0.2, 0.25) is 0 Å². The largest absolute Gasteiger partial charge is 0.444 e. The van der Waals surface area contributed by atoms with Gasteiger partial charge in [-0.1, -0.05) is 49.6 Å². The van der Waals surface area contributed by atoms with Crippen LogP contribution in [0.15, 0.2) is 51.7 Å². The number of aromatic nitrogens is 1. The number of hydrogen-bond acceptors (Lipinski definition) is 6. The second kappa shape index (κ2) is 11.0. The molecule has 0 bridgehead atoms. The lowest BCUT2D eigenvalue weighted by Gasteiger charge is -2.37. The van der Waals surface area contributed by atoms with Crippen molar-refractivity contribution in [2.45, 2.75) is 76.5 Å². The molecule has 1 aromatic heterocycles. The zero-order valence-corrected chi connectivity index (χ0v) is 22.8. The van der Waals surface area contributed by atoms with Gasteiger partial charge in [-0.15, -0.1) is 0 Å². The Kier molecular flexibility index (Phi) is 7.85. The Labute approximate surface area is 226 Å². The number of amides is 3. The van der Waals surface area contributed by atoms with Crippen molar-refractivity contribution in [2.75, 3.05) is 0 Å². The summed E-state index contributed by atoms with van der Waals surface area (Å²) in [7, 11) is 1.65. The van der Waals surface area contributed by atoms with Crippen LogP contribution < -0.4 is 22.1 Å². The molecule has 0 saturated heterocycles. The van der Waals surface area contributed by atoms with Crippen LogP contribution in [0.5, 0.6) is 0 Å². The van der Waals surface area contributed by atoms with E-state index < -0.39 is 40.8 Å². The minimum absolute atomic E-state index is 0.194. The zero-order valence-electron chi connectivity index (χ0n) is 22.8. The van der Waals surface area contributed by atoms with Crippen molar-refractivity contribution in [3.8, 4) is 11.1 Å². The number of benzene rings is 2. The van der Waals surface area contributed by atoms with Crippen molar-refractivity contribution in [1.29, 1.82) is 0 Å². The van der Waals surface area contributed by atoms with Crippen LogP contribution in [0.1, 0.15) is 58.4 Å². The van der Waals surface area contributed by atoms with E-state index in [1.54, 1.807) is 33.9 Å². The normalized spacial score (nSPS) is 15.9. The number of hydrogen-bond donors (Lipinski definition) is 3. The summed E-state index contributed by atoms with van der Waals surface area (Å²) in [5, 5.41) is 5.58. The summed E-state index contributed by atoms with van der Waals surface area (Å²) in [5.41, 5.74) is 7.63. The second-order valence-corrected chi connectivity index (χ2v) is 11.2. The highest BCUT2D eigenvalue weighted by atomic mass is 16.6. The van der Waals surface area contributed by atoms with Crippen LogP contribution >= 0.6 is 0 Å². The molecule has 1 atom stereocenters. The molecule has 2 aromatic carbocycles. The number of rotatable bonds is 7. The summed E-state index contributed by atoms with van der Waals surface area (Å²) >= 11 is 0. The molecule has 0 radical (unpaired) electrons. The molecule has 1 aliphatic carbocycles. The van der Waals surface area contributed by atoms with E-state index in [0.717, 1.165) is 36.0 Å². The third kappa shape index (κ3) is 6.50. The third-order valence-corrected chi connectivity index (χ3v) is 7.05. The Balaban J connectivity index is 1.48. The lowest BCUT2D eigenvalue weighted by Crippen LogP contribution is -2.63. The zero-order chi connectivity index (χ0) is 28.4. The van der Waals surface area contributed by atoms with Crippen LogP contribution in [-0.4, -0.2) is 39.7 Å². The molecule has 10 heteroatoms. The molecule has 1 fully saturated rings. The van der Waals surface area contributed by atoms with Gasteiger partial charge in [0.1, 0.15) is 17.2 Å². The van der Waals surface area contributed by atoms with E-state index in [2.05, 4.69) is 10.6 Å². The SMILES string of the molecule is Cn1c(=O)oc2ccc(-c3ccc(CC(NC(=O)C4(NC(=O)OC(C)(C)C)CCCCC4)C(N)=O)cc3)cc21. The summed E-state index contributed by atoms with van der Waals surface area (Å²) < 4.78 is 12.0. The summed E-state index contributed by atoms with van der Waals surface area (Å²) in [4.78, 5) is 50.2. The van der Waals surface area contributed by atoms with Gasteiger partial charge in [0.2, 0.25) is 11.8 Å². The van der Waals surface area contributed by atoms with E-state index in [-0.39, 0.29) is 6.42 Å². The molecule has 4 rings (SSSR count). The Hall–Kier alpha value is -4.08. The van der Waals surface area contributed by atoms with Gasteiger partial charge >= 0.3 is 11.8 Å². The van der Waals surface area contributed by atoms with E-state index >= 15 is 0 Å². The number of nitrogens with two attached hydrogens (primary N) is 1. The molecular weight excluding hydrogens is 500 g/mol. The van der Waals surface area contributed by atoms with Crippen molar-refractivity contribution in [2.24, 2.45) is 12.8 Å². The van der Waals surface area contributed by atoms with Crippen molar-refractivity contribution >= 4 is 29.0 Å². The van der Waals surface area contributed by atoms with Crippen LogP contribution in [0.3, 0.4) is 0 Å².